The van der Waals surface area contributed by atoms with E-state index in [2.05, 4.69) is 41.5 Å². The number of thioether (sulfide) groups is 1. The molecule has 1 amide bonds. The number of hydrogen-bond acceptors (Lipinski definition) is 7. The second kappa shape index (κ2) is 11.1. The van der Waals surface area contributed by atoms with Crippen LogP contribution in [-0.4, -0.2) is 69.3 Å². The summed E-state index contributed by atoms with van der Waals surface area (Å²) >= 11 is 1.28. The number of amides is 1. The van der Waals surface area contributed by atoms with Crippen molar-refractivity contribution in [3.05, 3.63) is 29.8 Å². The zero-order valence-electron chi connectivity index (χ0n) is 18.2. The van der Waals surface area contributed by atoms with Gasteiger partial charge in [-0.05, 0) is 53.8 Å². The number of tetrazole rings is 1. The van der Waals surface area contributed by atoms with Gasteiger partial charge in [-0.3, -0.25) is 4.79 Å². The summed E-state index contributed by atoms with van der Waals surface area (Å²) in [6.45, 7) is 4.82. The van der Waals surface area contributed by atoms with Crippen molar-refractivity contribution in [3.63, 3.8) is 0 Å². The van der Waals surface area contributed by atoms with E-state index in [4.69, 9.17) is 0 Å². The molecule has 2 aromatic rings. The largest absolute Gasteiger partial charge is 0.338 e. The molecule has 1 aromatic heterocycles. The lowest BCUT2D eigenvalue weighted by Gasteiger charge is -2.28. The second-order valence-corrected chi connectivity index (χ2v) is 11.1. The number of carbonyl (C=O) groups excluding carboxylic acids is 1. The number of benzene rings is 1. The second-order valence-electron chi connectivity index (χ2n) is 7.93. The van der Waals surface area contributed by atoms with E-state index < -0.39 is 9.84 Å². The van der Waals surface area contributed by atoms with Crippen LogP contribution in [0, 0.1) is 0 Å². The molecular weight excluding hydrogens is 434 g/mol. The summed E-state index contributed by atoms with van der Waals surface area (Å²) < 4.78 is 25.4. The molecular formula is C21H31N5O3S2. The summed E-state index contributed by atoms with van der Waals surface area (Å²) in [4.78, 5) is 14.7. The lowest BCUT2D eigenvalue weighted by atomic mass is 10.1. The van der Waals surface area contributed by atoms with Crippen LogP contribution in [0.15, 0.2) is 29.4 Å². The molecule has 2 heterocycles. The fraction of sp³-hybridized carbons (Fsp3) is 0.619. The van der Waals surface area contributed by atoms with Crippen LogP contribution in [0.1, 0.15) is 51.5 Å². The fourth-order valence-corrected chi connectivity index (χ4v) is 6.19. The van der Waals surface area contributed by atoms with Crippen LogP contribution in [-0.2, 0) is 21.1 Å². The maximum absolute atomic E-state index is 13.0. The van der Waals surface area contributed by atoms with Crippen molar-refractivity contribution >= 4 is 27.5 Å². The molecule has 1 unspecified atom stereocenters. The highest BCUT2D eigenvalue weighted by Gasteiger charge is 2.34. The Hall–Kier alpha value is -1.94. The minimum absolute atomic E-state index is 0.0647. The van der Waals surface area contributed by atoms with Crippen LogP contribution in [0.4, 0.5) is 0 Å². The van der Waals surface area contributed by atoms with Gasteiger partial charge in [0.1, 0.15) is 0 Å². The summed E-state index contributed by atoms with van der Waals surface area (Å²) in [5, 5.41) is 12.5. The quantitative estimate of drug-likeness (QED) is 0.471. The number of nitrogens with zero attached hydrogens (tertiary/aromatic N) is 5. The van der Waals surface area contributed by atoms with Crippen LogP contribution >= 0.6 is 11.8 Å². The van der Waals surface area contributed by atoms with Crippen molar-refractivity contribution in [2.24, 2.45) is 0 Å². The Morgan fingerprint density at radius 2 is 1.94 bits per heavy atom. The van der Waals surface area contributed by atoms with Gasteiger partial charge in [-0.25, -0.2) is 8.42 Å². The van der Waals surface area contributed by atoms with Gasteiger partial charge in [0.15, 0.2) is 9.84 Å². The highest BCUT2D eigenvalue weighted by atomic mass is 32.2. The third-order valence-electron chi connectivity index (χ3n) is 5.49. The van der Waals surface area contributed by atoms with Crippen molar-refractivity contribution < 1.29 is 13.2 Å². The molecule has 0 spiro atoms. The highest BCUT2D eigenvalue weighted by Crippen LogP contribution is 2.23. The molecule has 1 fully saturated rings. The molecule has 8 nitrogen and oxygen atoms in total. The number of unbranched alkanes of at least 4 members (excludes halogenated alkanes) is 2. The Labute approximate surface area is 188 Å². The molecule has 0 radical (unpaired) electrons. The smallest absolute Gasteiger partial charge is 0.233 e. The van der Waals surface area contributed by atoms with Gasteiger partial charge in [0, 0.05) is 12.6 Å². The molecule has 0 saturated carbocycles. The van der Waals surface area contributed by atoms with Gasteiger partial charge in [-0.2, -0.15) is 4.68 Å². The molecule has 1 aromatic carbocycles. The molecule has 1 saturated heterocycles. The SMILES string of the molecule is CCCCc1ccc(-n2nnnc2SCC(=O)N(CCCC)C2CCS(=O)(=O)C2)cc1. The average molecular weight is 466 g/mol. The minimum atomic E-state index is -3.05. The summed E-state index contributed by atoms with van der Waals surface area (Å²) in [5.74, 6) is 0.336. The van der Waals surface area contributed by atoms with Crippen LogP contribution < -0.4 is 0 Å². The first kappa shape index (κ1) is 23.7. The van der Waals surface area contributed by atoms with Crippen LogP contribution in [0.5, 0.6) is 0 Å². The predicted octanol–water partition coefficient (Wildman–Crippen LogP) is 2.91. The van der Waals surface area contributed by atoms with Crippen molar-refractivity contribution in [2.75, 3.05) is 23.8 Å². The molecule has 1 atom stereocenters. The van der Waals surface area contributed by atoms with Gasteiger partial charge in [0.05, 0.1) is 22.9 Å². The van der Waals surface area contributed by atoms with Gasteiger partial charge >= 0.3 is 0 Å². The van der Waals surface area contributed by atoms with Crippen molar-refractivity contribution in [3.8, 4) is 5.69 Å². The standard InChI is InChI=1S/C21H31N5O3S2/c1-3-5-7-17-8-10-18(11-9-17)26-21(22-23-24-26)30-15-20(27)25(13-6-4-2)19-12-14-31(28,29)16-19/h8-11,19H,3-7,12-16H2,1-2H3. The molecule has 0 N–H and O–H groups in total. The summed E-state index contributed by atoms with van der Waals surface area (Å²) in [7, 11) is -3.05. The first-order valence-electron chi connectivity index (χ1n) is 10.9. The zero-order valence-corrected chi connectivity index (χ0v) is 19.9. The highest BCUT2D eigenvalue weighted by molar-refractivity contribution is 7.99. The molecule has 3 rings (SSSR count). The third kappa shape index (κ3) is 6.52. The van der Waals surface area contributed by atoms with Gasteiger partial charge in [0.25, 0.3) is 0 Å². The lowest BCUT2D eigenvalue weighted by Crippen LogP contribution is -2.42. The molecule has 1 aliphatic heterocycles. The average Bonchev–Trinajstić information content (AvgIpc) is 3.37. The van der Waals surface area contributed by atoms with E-state index in [0.29, 0.717) is 18.1 Å². The fourth-order valence-electron chi connectivity index (χ4n) is 3.69. The van der Waals surface area contributed by atoms with E-state index in [9.17, 15) is 13.2 Å². The molecule has 0 bridgehead atoms. The minimum Gasteiger partial charge on any atom is -0.338 e. The number of carbonyl (C=O) groups is 1. The Morgan fingerprint density at radius 1 is 1.19 bits per heavy atom. The normalized spacial score (nSPS) is 17.7. The van der Waals surface area contributed by atoms with E-state index in [-0.39, 0.29) is 29.2 Å². The number of aryl methyl sites for hydroxylation is 1. The summed E-state index contributed by atoms with van der Waals surface area (Å²) in [6, 6.07) is 7.92. The topological polar surface area (TPSA) is 98.1 Å². The van der Waals surface area contributed by atoms with E-state index in [1.807, 2.05) is 12.1 Å². The van der Waals surface area contributed by atoms with Gasteiger partial charge < -0.3 is 4.90 Å². The Bertz CT molecular complexity index is 960. The maximum Gasteiger partial charge on any atom is 0.233 e. The number of hydrogen-bond donors (Lipinski definition) is 0. The van der Waals surface area contributed by atoms with E-state index in [1.165, 1.54) is 17.3 Å². The Kier molecular flexibility index (Phi) is 8.48. The maximum atomic E-state index is 13.0. The third-order valence-corrected chi connectivity index (χ3v) is 8.14. The number of aromatic nitrogens is 4. The van der Waals surface area contributed by atoms with E-state index >= 15 is 0 Å². The van der Waals surface area contributed by atoms with Crippen LogP contribution in [0.2, 0.25) is 0 Å². The molecule has 0 aliphatic carbocycles. The van der Waals surface area contributed by atoms with Crippen molar-refractivity contribution in [1.82, 2.24) is 25.1 Å². The van der Waals surface area contributed by atoms with Crippen LogP contribution in [0.25, 0.3) is 5.69 Å². The summed E-state index contributed by atoms with van der Waals surface area (Å²) in [5.41, 5.74) is 2.13. The number of sulfone groups is 1. The van der Waals surface area contributed by atoms with Gasteiger partial charge in [-0.15, -0.1) is 5.10 Å². The Balaban J connectivity index is 1.65. The first-order valence-corrected chi connectivity index (χ1v) is 13.7. The zero-order chi connectivity index (χ0) is 22.3. The molecule has 31 heavy (non-hydrogen) atoms. The monoisotopic (exact) mass is 465 g/mol. The van der Waals surface area contributed by atoms with Gasteiger partial charge in [-0.1, -0.05) is 50.6 Å². The van der Waals surface area contributed by atoms with E-state index in [0.717, 1.165) is 37.8 Å². The first-order chi connectivity index (χ1) is 14.9. The van der Waals surface area contributed by atoms with Crippen molar-refractivity contribution in [1.29, 1.82) is 0 Å². The predicted molar refractivity (Wildman–Crippen MR) is 122 cm³/mol. The molecule has 10 heteroatoms. The lowest BCUT2D eigenvalue weighted by molar-refractivity contribution is -0.130. The molecule has 170 valence electrons. The van der Waals surface area contributed by atoms with Gasteiger partial charge in [0.2, 0.25) is 11.1 Å². The van der Waals surface area contributed by atoms with Crippen LogP contribution in [0.3, 0.4) is 0 Å². The number of rotatable bonds is 11. The molecule has 1 aliphatic rings. The van der Waals surface area contributed by atoms with Crippen molar-refractivity contribution in [2.45, 2.75) is 63.6 Å². The summed E-state index contributed by atoms with van der Waals surface area (Å²) in [6.07, 6.45) is 5.69. The Morgan fingerprint density at radius 3 is 2.58 bits per heavy atom. The van der Waals surface area contributed by atoms with E-state index in [1.54, 1.807) is 9.58 Å².